The number of aldehydes is 1. The highest BCUT2D eigenvalue weighted by atomic mass is 31.2. The largest absolute Gasteiger partial charge is 0.349 e. The number of rotatable bonds is 3. The fourth-order valence-electron chi connectivity index (χ4n) is 0.869. The molecule has 2 N–H and O–H groups in total. The molecule has 0 unspecified atom stereocenters. The third-order valence-corrected chi connectivity index (χ3v) is 2.07. The average molecular weight is 212 g/mol. The molecule has 0 saturated heterocycles. The monoisotopic (exact) mass is 212 g/mol. The minimum absolute atomic E-state index is 0.526. The van der Waals surface area contributed by atoms with E-state index in [9.17, 15) is 9.36 Å². The molecule has 0 radical (unpaired) electrons. The standard InChI is InChI=1S/C9H9O4P/c10-7-9-3-1-8(2-4-9)5-6-14(11,12)13/h1-7H,(H2,11,12,13). The Bertz CT molecular complexity index is 388. The Morgan fingerprint density at radius 1 is 1.07 bits per heavy atom. The second kappa shape index (κ2) is 4.33. The van der Waals surface area contributed by atoms with E-state index in [4.69, 9.17) is 9.79 Å². The fourth-order valence-corrected chi connectivity index (χ4v) is 1.24. The summed E-state index contributed by atoms with van der Waals surface area (Å²) in [6.07, 6.45) is 2.02. The first-order valence-electron chi connectivity index (χ1n) is 3.81. The first-order valence-corrected chi connectivity index (χ1v) is 5.49. The Kier molecular flexibility index (Phi) is 3.36. The predicted molar refractivity (Wildman–Crippen MR) is 52.9 cm³/mol. The molecule has 0 amide bonds. The van der Waals surface area contributed by atoms with Gasteiger partial charge in [-0.2, -0.15) is 0 Å². The smallest absolute Gasteiger partial charge is 0.321 e. The highest BCUT2D eigenvalue weighted by Crippen LogP contribution is 2.36. The van der Waals surface area contributed by atoms with E-state index in [1.165, 1.54) is 6.08 Å². The van der Waals surface area contributed by atoms with Crippen molar-refractivity contribution in [3.63, 3.8) is 0 Å². The first kappa shape index (κ1) is 10.9. The van der Waals surface area contributed by atoms with Gasteiger partial charge in [-0.15, -0.1) is 0 Å². The minimum atomic E-state index is -4.10. The molecule has 4 nitrogen and oxygen atoms in total. The van der Waals surface area contributed by atoms with Crippen molar-refractivity contribution in [1.82, 2.24) is 0 Å². The summed E-state index contributed by atoms with van der Waals surface area (Å²) in [5.74, 6) is 0.822. The summed E-state index contributed by atoms with van der Waals surface area (Å²) in [5, 5.41) is 0. The van der Waals surface area contributed by atoms with Crippen molar-refractivity contribution in [1.29, 1.82) is 0 Å². The van der Waals surface area contributed by atoms with E-state index in [0.717, 1.165) is 5.82 Å². The summed E-state index contributed by atoms with van der Waals surface area (Å²) in [7, 11) is -4.10. The normalized spacial score (nSPS) is 11.9. The number of benzene rings is 1. The lowest BCUT2D eigenvalue weighted by molar-refractivity contribution is 0.112. The van der Waals surface area contributed by atoms with E-state index in [-0.39, 0.29) is 0 Å². The van der Waals surface area contributed by atoms with E-state index in [1.807, 2.05) is 0 Å². The third-order valence-electron chi connectivity index (χ3n) is 1.53. The zero-order valence-corrected chi connectivity index (χ0v) is 8.09. The van der Waals surface area contributed by atoms with Crippen LogP contribution in [0.5, 0.6) is 0 Å². The van der Waals surface area contributed by atoms with Gasteiger partial charge in [-0.25, -0.2) is 0 Å². The molecule has 0 atom stereocenters. The maximum absolute atomic E-state index is 10.5. The van der Waals surface area contributed by atoms with Crippen molar-refractivity contribution >= 4 is 20.0 Å². The second-order valence-corrected chi connectivity index (χ2v) is 4.17. The summed E-state index contributed by atoms with van der Waals surface area (Å²) < 4.78 is 10.5. The van der Waals surface area contributed by atoms with Crippen molar-refractivity contribution in [3.05, 3.63) is 41.2 Å². The van der Waals surface area contributed by atoms with Crippen molar-refractivity contribution < 1.29 is 19.1 Å². The van der Waals surface area contributed by atoms with Gasteiger partial charge in [0.2, 0.25) is 0 Å². The van der Waals surface area contributed by atoms with Gasteiger partial charge in [0.05, 0.1) is 0 Å². The Hall–Kier alpha value is -1.22. The van der Waals surface area contributed by atoms with E-state index in [1.54, 1.807) is 24.3 Å². The molecule has 0 saturated carbocycles. The fraction of sp³-hybridized carbons (Fsp3) is 0. The van der Waals surface area contributed by atoms with Gasteiger partial charge >= 0.3 is 7.60 Å². The third kappa shape index (κ3) is 3.66. The van der Waals surface area contributed by atoms with Crippen LogP contribution in [-0.2, 0) is 4.57 Å². The quantitative estimate of drug-likeness (QED) is 0.590. The lowest BCUT2D eigenvalue weighted by Gasteiger charge is -1.95. The number of hydrogen-bond acceptors (Lipinski definition) is 2. The summed E-state index contributed by atoms with van der Waals surface area (Å²) >= 11 is 0. The van der Waals surface area contributed by atoms with Crippen LogP contribution in [0, 0.1) is 0 Å². The molecule has 1 aromatic rings. The summed E-state index contributed by atoms with van der Waals surface area (Å²) in [6.45, 7) is 0. The summed E-state index contributed by atoms with van der Waals surface area (Å²) in [6, 6.07) is 6.37. The van der Waals surface area contributed by atoms with Crippen molar-refractivity contribution in [3.8, 4) is 0 Å². The van der Waals surface area contributed by atoms with Crippen LogP contribution in [0.25, 0.3) is 6.08 Å². The Balaban J connectivity index is 2.84. The lowest BCUT2D eigenvalue weighted by Crippen LogP contribution is -1.78. The van der Waals surface area contributed by atoms with Gasteiger partial charge < -0.3 is 9.79 Å². The van der Waals surface area contributed by atoms with Gasteiger partial charge in [-0.05, 0) is 11.6 Å². The molecule has 0 bridgehead atoms. The summed E-state index contributed by atoms with van der Waals surface area (Å²) in [4.78, 5) is 27.4. The molecule has 74 valence electrons. The van der Waals surface area contributed by atoms with Crippen LogP contribution in [0.1, 0.15) is 15.9 Å². The Labute approximate surface area is 81.0 Å². The van der Waals surface area contributed by atoms with Crippen molar-refractivity contribution in [2.24, 2.45) is 0 Å². The topological polar surface area (TPSA) is 74.6 Å². The van der Waals surface area contributed by atoms with E-state index < -0.39 is 7.60 Å². The molecule has 0 aliphatic heterocycles. The van der Waals surface area contributed by atoms with Gasteiger partial charge in [0.25, 0.3) is 0 Å². The summed E-state index contributed by atoms with van der Waals surface area (Å²) in [5.41, 5.74) is 1.16. The molecule has 1 rings (SSSR count). The zero-order chi connectivity index (χ0) is 10.6. The highest BCUT2D eigenvalue weighted by molar-refractivity contribution is 7.55. The first-order chi connectivity index (χ1) is 6.51. The van der Waals surface area contributed by atoms with Crippen LogP contribution in [0.3, 0.4) is 0 Å². The molecule has 14 heavy (non-hydrogen) atoms. The maximum atomic E-state index is 10.5. The maximum Gasteiger partial charge on any atom is 0.349 e. The van der Waals surface area contributed by atoms with Crippen LogP contribution in [0.15, 0.2) is 30.1 Å². The van der Waals surface area contributed by atoms with Crippen LogP contribution in [-0.4, -0.2) is 16.1 Å². The Morgan fingerprint density at radius 2 is 1.57 bits per heavy atom. The van der Waals surface area contributed by atoms with Gasteiger partial charge in [-0.1, -0.05) is 24.3 Å². The van der Waals surface area contributed by atoms with Crippen molar-refractivity contribution in [2.75, 3.05) is 0 Å². The molecule has 0 aliphatic rings. The Morgan fingerprint density at radius 3 is 2.00 bits per heavy atom. The van der Waals surface area contributed by atoms with Crippen LogP contribution in [0.4, 0.5) is 0 Å². The number of hydrogen-bond donors (Lipinski definition) is 2. The number of carbonyl (C=O) groups is 1. The molecule has 0 aliphatic carbocycles. The predicted octanol–water partition coefficient (Wildman–Crippen LogP) is 1.65. The highest BCUT2D eigenvalue weighted by Gasteiger charge is 2.04. The molecular weight excluding hydrogens is 203 g/mol. The van der Waals surface area contributed by atoms with Gasteiger partial charge in [0.15, 0.2) is 0 Å². The zero-order valence-electron chi connectivity index (χ0n) is 7.20. The van der Waals surface area contributed by atoms with Crippen LogP contribution >= 0.6 is 7.60 Å². The molecule has 1 aromatic carbocycles. The molecule has 0 heterocycles. The molecule has 5 heteroatoms. The van der Waals surface area contributed by atoms with Crippen LogP contribution < -0.4 is 0 Å². The molecule has 0 spiro atoms. The molecule has 0 fully saturated rings. The lowest BCUT2D eigenvalue weighted by atomic mass is 10.1. The van der Waals surface area contributed by atoms with Crippen LogP contribution in [0.2, 0.25) is 0 Å². The SMILES string of the molecule is O=Cc1ccc(C=CP(=O)(O)O)cc1. The number of carbonyl (C=O) groups excluding carboxylic acids is 1. The van der Waals surface area contributed by atoms with E-state index in [0.29, 0.717) is 17.4 Å². The van der Waals surface area contributed by atoms with Gasteiger partial charge in [0.1, 0.15) is 6.29 Å². The average Bonchev–Trinajstić information content (AvgIpc) is 2.14. The molecular formula is C9H9O4P. The van der Waals surface area contributed by atoms with E-state index >= 15 is 0 Å². The second-order valence-electron chi connectivity index (χ2n) is 2.69. The molecule has 0 aromatic heterocycles. The van der Waals surface area contributed by atoms with Gasteiger partial charge in [0, 0.05) is 11.4 Å². The van der Waals surface area contributed by atoms with Gasteiger partial charge in [-0.3, -0.25) is 9.36 Å². The van der Waals surface area contributed by atoms with E-state index in [2.05, 4.69) is 0 Å². The minimum Gasteiger partial charge on any atom is -0.321 e. The van der Waals surface area contributed by atoms with Crippen molar-refractivity contribution in [2.45, 2.75) is 0 Å².